The molecule has 8 N–H and O–H groups in total. The van der Waals surface area contributed by atoms with Gasteiger partial charge in [-0.15, -0.1) is 4.33 Å². The Bertz CT molecular complexity index is 1900. The van der Waals surface area contributed by atoms with Crippen molar-refractivity contribution in [2.75, 3.05) is 76.6 Å². The molecule has 0 atom stereocenters. The van der Waals surface area contributed by atoms with Gasteiger partial charge in [0.2, 0.25) is 23.8 Å². The summed E-state index contributed by atoms with van der Waals surface area (Å²) in [6, 6.07) is 9.17. The monoisotopic (exact) mass is 732 g/mol. The van der Waals surface area contributed by atoms with Crippen LogP contribution in [-0.2, 0) is 19.5 Å². The minimum atomic E-state index is -4.71. The Labute approximate surface area is 291 Å². The number of nitrogens with zero attached hydrogens (tertiary/aromatic N) is 8. The lowest BCUT2D eigenvalue weighted by Gasteiger charge is -2.12. The molecule has 2 aromatic carbocycles. The number of hydrogen-bond donors (Lipinski definition) is 6. The number of nitrogens with one attached hydrogen (secondary N) is 2. The van der Waals surface area contributed by atoms with Crippen LogP contribution in [0.4, 0.5) is 35.2 Å². The van der Waals surface area contributed by atoms with Gasteiger partial charge >= 0.3 is 12.0 Å². The first-order valence-electron chi connectivity index (χ1n) is 14.5. The highest BCUT2D eigenvalue weighted by Gasteiger charge is 2.17. The summed E-state index contributed by atoms with van der Waals surface area (Å²) in [5.41, 5.74) is 13.0. The first kappa shape index (κ1) is 37.9. The summed E-state index contributed by atoms with van der Waals surface area (Å²) >= 11 is 0.659. The minimum Gasteiger partial charge on any atom is -0.462 e. The molecule has 0 aliphatic heterocycles. The highest BCUT2D eigenvalue weighted by molar-refractivity contribution is 7.94. The Morgan fingerprint density at radius 1 is 0.780 bits per heavy atom. The van der Waals surface area contributed by atoms with Crippen LogP contribution in [0.3, 0.4) is 0 Å². The average Bonchev–Trinajstić information content (AvgIpc) is 3.02. The topological polar surface area (TPSA) is 271 Å². The van der Waals surface area contributed by atoms with E-state index in [1.807, 2.05) is 38.0 Å². The van der Waals surface area contributed by atoms with Crippen molar-refractivity contribution in [1.82, 2.24) is 39.7 Å². The van der Waals surface area contributed by atoms with Crippen LogP contribution in [0.2, 0.25) is 0 Å². The molecule has 0 bridgehead atoms. The van der Waals surface area contributed by atoms with E-state index >= 15 is 0 Å². The maximum atomic E-state index is 12.4. The zero-order valence-electron chi connectivity index (χ0n) is 27.3. The van der Waals surface area contributed by atoms with Crippen molar-refractivity contribution in [1.29, 1.82) is 0 Å². The van der Waals surface area contributed by atoms with Gasteiger partial charge in [-0.25, -0.2) is 5.26 Å². The molecule has 4 rings (SSSR count). The third kappa shape index (κ3) is 11.9. The van der Waals surface area contributed by atoms with E-state index < -0.39 is 15.0 Å². The lowest BCUT2D eigenvalue weighted by molar-refractivity contribution is -0.432. The summed E-state index contributed by atoms with van der Waals surface area (Å²) in [4.78, 5) is 28.2. The number of anilines is 6. The van der Waals surface area contributed by atoms with E-state index in [1.54, 1.807) is 30.3 Å². The highest BCUT2D eigenvalue weighted by atomic mass is 32.2. The van der Waals surface area contributed by atoms with E-state index in [0.717, 1.165) is 0 Å². The fourth-order valence-electron chi connectivity index (χ4n) is 3.91. The van der Waals surface area contributed by atoms with Gasteiger partial charge in [0.15, 0.2) is 0 Å². The second-order valence-electron chi connectivity index (χ2n) is 10.7. The second kappa shape index (κ2) is 17.6. The number of rotatable bonds is 18. The van der Waals surface area contributed by atoms with E-state index in [1.165, 1.54) is 18.2 Å². The number of nitrogens with two attached hydrogens (primary N) is 2. The first-order chi connectivity index (χ1) is 23.8. The third-order valence-corrected chi connectivity index (χ3v) is 7.79. The minimum absolute atomic E-state index is 0.00340. The van der Waals surface area contributed by atoms with Crippen LogP contribution < -0.4 is 31.6 Å². The molecule has 0 aliphatic rings. The molecule has 2 heterocycles. The molecule has 0 spiro atoms. The largest absolute Gasteiger partial charge is 0.462 e. The van der Waals surface area contributed by atoms with Gasteiger partial charge in [-0.1, -0.05) is 29.3 Å². The molecule has 0 amide bonds. The number of likely N-dealkylation sites (N-methyl/N-ethyl adjacent to an activating group) is 2. The van der Waals surface area contributed by atoms with E-state index in [4.69, 9.17) is 26.2 Å². The quantitative estimate of drug-likeness (QED) is 0.0282. The Balaban J connectivity index is 1.56. The Morgan fingerprint density at radius 2 is 1.28 bits per heavy atom. The molecule has 2 aromatic heterocycles. The summed E-state index contributed by atoms with van der Waals surface area (Å²) in [6.07, 6.45) is 3.02. The molecule has 0 fully saturated rings. The lowest BCUT2D eigenvalue weighted by Crippen LogP contribution is -2.20. The SMILES string of the molecule is CN(C)CCOc1nc(N)nc(Nc2ccc(C=Cc3ccc(Nc4nc(N)nc(OCCN(C)C)n4)cc3S(=O)(=O)O)c(SOOO)c2)n1. The van der Waals surface area contributed by atoms with Crippen LogP contribution in [0, 0.1) is 0 Å². The molecule has 0 radical (unpaired) electrons. The second-order valence-corrected chi connectivity index (χ2v) is 12.8. The molecule has 50 heavy (non-hydrogen) atoms. The molecule has 0 unspecified atom stereocenters. The van der Waals surface area contributed by atoms with Gasteiger partial charge in [-0.05, 0) is 63.6 Å². The predicted molar refractivity (Wildman–Crippen MR) is 185 cm³/mol. The van der Waals surface area contributed by atoms with E-state index in [-0.39, 0.29) is 47.1 Å². The summed E-state index contributed by atoms with van der Waals surface area (Å²) in [6.45, 7) is 1.87. The number of benzene rings is 2. The zero-order chi connectivity index (χ0) is 36.3. The van der Waals surface area contributed by atoms with Gasteiger partial charge in [0, 0.05) is 29.4 Å². The molecular weight excluding hydrogens is 697 g/mol. The van der Waals surface area contributed by atoms with Crippen molar-refractivity contribution >= 4 is 69.5 Å². The van der Waals surface area contributed by atoms with Gasteiger partial charge in [0.05, 0.1) is 12.0 Å². The predicted octanol–water partition coefficient (Wildman–Crippen LogP) is 2.43. The maximum Gasteiger partial charge on any atom is 0.323 e. The Morgan fingerprint density at radius 3 is 1.78 bits per heavy atom. The molecule has 0 saturated heterocycles. The summed E-state index contributed by atoms with van der Waals surface area (Å²) in [5, 5.41) is 18.4. The van der Waals surface area contributed by atoms with Gasteiger partial charge in [-0.3, -0.25) is 4.55 Å². The van der Waals surface area contributed by atoms with Crippen molar-refractivity contribution in [2.24, 2.45) is 0 Å². The van der Waals surface area contributed by atoms with Crippen molar-refractivity contribution in [3.8, 4) is 12.0 Å². The van der Waals surface area contributed by atoms with E-state index in [9.17, 15) is 13.0 Å². The maximum absolute atomic E-state index is 12.4. The van der Waals surface area contributed by atoms with Gasteiger partial charge < -0.3 is 41.4 Å². The molecule has 0 saturated carbocycles. The standard InChI is InChI=1S/C28H36N12O8S2/c1-39(2)11-13-45-27-35-23(29)33-25(37-27)31-19-9-7-17(21(15-19)49-48-47-41)5-6-18-8-10-20(16-22(18)50(42,43)44)32-26-34-24(30)36-28(38-26)46-14-12-40(3)4/h5-10,15-16,41H,11-14H2,1-4H3,(H,42,43,44)(H3,29,31,33,35,37)(H3,30,32,34,36,38). The first-order valence-corrected chi connectivity index (χ1v) is 16.7. The summed E-state index contributed by atoms with van der Waals surface area (Å²) < 4.78 is 50.6. The fraction of sp³-hybridized carbons (Fsp3) is 0.286. The zero-order valence-corrected chi connectivity index (χ0v) is 29.0. The highest BCUT2D eigenvalue weighted by Crippen LogP contribution is 2.31. The Kier molecular flexibility index (Phi) is 13.4. The van der Waals surface area contributed by atoms with Crippen molar-refractivity contribution in [3.05, 3.63) is 47.5 Å². The smallest absolute Gasteiger partial charge is 0.323 e. The number of nitrogen functional groups attached to an aromatic ring is 2. The number of aromatic nitrogens is 6. The van der Waals surface area contributed by atoms with Crippen molar-refractivity contribution in [2.45, 2.75) is 9.79 Å². The van der Waals surface area contributed by atoms with E-state index in [2.05, 4.69) is 49.9 Å². The van der Waals surface area contributed by atoms with Crippen LogP contribution in [-0.4, -0.2) is 112 Å². The van der Waals surface area contributed by atoms with Crippen LogP contribution in [0.25, 0.3) is 12.2 Å². The van der Waals surface area contributed by atoms with Gasteiger partial charge in [0.1, 0.15) is 18.1 Å². The lowest BCUT2D eigenvalue weighted by atomic mass is 10.1. The Hall–Kier alpha value is -4.94. The van der Waals surface area contributed by atoms with Crippen LogP contribution in [0.5, 0.6) is 12.0 Å². The van der Waals surface area contributed by atoms with Gasteiger partial charge in [0.25, 0.3) is 10.1 Å². The summed E-state index contributed by atoms with van der Waals surface area (Å²) in [7, 11) is 2.86. The third-order valence-electron chi connectivity index (χ3n) is 6.22. The van der Waals surface area contributed by atoms with E-state index in [0.29, 0.717) is 54.5 Å². The van der Waals surface area contributed by atoms with Crippen molar-refractivity contribution in [3.63, 3.8) is 0 Å². The van der Waals surface area contributed by atoms with Gasteiger partial charge in [-0.2, -0.15) is 38.3 Å². The van der Waals surface area contributed by atoms with Crippen LogP contribution in [0.1, 0.15) is 11.1 Å². The normalized spacial score (nSPS) is 11.8. The summed E-state index contributed by atoms with van der Waals surface area (Å²) in [5.74, 6) is -0.0722. The average molecular weight is 733 g/mol. The molecule has 0 aliphatic carbocycles. The van der Waals surface area contributed by atoms with Crippen LogP contribution >= 0.6 is 12.0 Å². The van der Waals surface area contributed by atoms with Crippen LogP contribution in [0.15, 0.2) is 46.2 Å². The fourth-order valence-corrected chi connectivity index (χ4v) is 5.13. The molecule has 22 heteroatoms. The molecule has 20 nitrogen and oxygen atoms in total. The number of ether oxygens (including phenoxy) is 2. The molecular formula is C28H36N12O8S2. The molecule has 268 valence electrons. The molecule has 4 aromatic rings. The number of hydrogen-bond acceptors (Lipinski definition) is 20. The van der Waals surface area contributed by atoms with Crippen molar-refractivity contribution < 1.29 is 37.1 Å².